The molecule has 0 saturated carbocycles. The van der Waals surface area contributed by atoms with E-state index >= 15 is 0 Å². The summed E-state index contributed by atoms with van der Waals surface area (Å²) in [6, 6.07) is 5.96. The Kier molecular flexibility index (Phi) is 4.64. The van der Waals surface area contributed by atoms with Gasteiger partial charge in [0.15, 0.2) is 0 Å². The van der Waals surface area contributed by atoms with Crippen LogP contribution >= 0.6 is 0 Å². The van der Waals surface area contributed by atoms with Crippen LogP contribution in [0.4, 0.5) is 4.79 Å². The number of amides is 1. The highest BCUT2D eigenvalue weighted by molar-refractivity contribution is 5.66. The normalized spacial score (nSPS) is 9.69. The fourth-order valence-corrected chi connectivity index (χ4v) is 1.32. The largest absolute Gasteiger partial charge is 0.490 e. The highest BCUT2D eigenvalue weighted by Crippen LogP contribution is 2.18. The molecule has 0 aromatic heterocycles. The van der Waals surface area contributed by atoms with Crippen LogP contribution in [-0.4, -0.2) is 26.4 Å². The fourth-order valence-electron chi connectivity index (χ4n) is 1.32. The van der Waals surface area contributed by atoms with Crippen molar-refractivity contribution in [3.8, 4) is 5.75 Å². The molecule has 0 fully saturated rings. The van der Waals surface area contributed by atoms with Crippen LogP contribution in [-0.2, 0) is 4.74 Å². The summed E-state index contributed by atoms with van der Waals surface area (Å²) in [6.07, 6.45) is -0.441. The Morgan fingerprint density at radius 3 is 2.69 bits per heavy atom. The lowest BCUT2D eigenvalue weighted by molar-refractivity contribution is 0.127. The Morgan fingerprint density at radius 1 is 1.31 bits per heavy atom. The van der Waals surface area contributed by atoms with Gasteiger partial charge >= 0.3 is 6.09 Å². The van der Waals surface area contributed by atoms with Crippen LogP contribution in [0, 0.1) is 13.8 Å². The van der Waals surface area contributed by atoms with Gasteiger partial charge in [-0.3, -0.25) is 0 Å². The van der Waals surface area contributed by atoms with Gasteiger partial charge in [0.25, 0.3) is 0 Å². The fraction of sp³-hybridized carbons (Fsp3) is 0.417. The van der Waals surface area contributed by atoms with Gasteiger partial charge in [-0.15, -0.1) is 0 Å². The number of ether oxygens (including phenoxy) is 2. The quantitative estimate of drug-likeness (QED) is 0.794. The standard InChI is InChI=1S/C12H17NO3/c1-9-4-5-11(10(2)8-9)15-6-7-16-12(14)13-3/h4-5,8H,6-7H2,1-3H3,(H,13,14). The Hall–Kier alpha value is -1.71. The van der Waals surface area contributed by atoms with E-state index in [-0.39, 0.29) is 6.61 Å². The van der Waals surface area contributed by atoms with E-state index in [0.717, 1.165) is 11.3 Å². The molecule has 1 aromatic rings. The lowest BCUT2D eigenvalue weighted by atomic mass is 10.1. The van der Waals surface area contributed by atoms with E-state index in [0.29, 0.717) is 6.61 Å². The van der Waals surface area contributed by atoms with Gasteiger partial charge in [0.1, 0.15) is 19.0 Å². The van der Waals surface area contributed by atoms with Crippen LogP contribution in [0.15, 0.2) is 18.2 Å². The molecule has 0 aliphatic heterocycles. The number of hydrogen-bond donors (Lipinski definition) is 1. The summed E-state index contributed by atoms with van der Waals surface area (Å²) in [5.41, 5.74) is 2.28. The minimum Gasteiger partial charge on any atom is -0.490 e. The van der Waals surface area contributed by atoms with Crippen LogP contribution in [0.2, 0.25) is 0 Å². The second-order valence-electron chi connectivity index (χ2n) is 3.50. The van der Waals surface area contributed by atoms with E-state index in [2.05, 4.69) is 11.4 Å². The molecule has 16 heavy (non-hydrogen) atoms. The average Bonchev–Trinajstić information content (AvgIpc) is 2.26. The molecule has 0 radical (unpaired) electrons. The van der Waals surface area contributed by atoms with Crippen molar-refractivity contribution in [3.05, 3.63) is 29.3 Å². The van der Waals surface area contributed by atoms with Crippen molar-refractivity contribution < 1.29 is 14.3 Å². The zero-order chi connectivity index (χ0) is 12.0. The van der Waals surface area contributed by atoms with Crippen LogP contribution < -0.4 is 10.1 Å². The van der Waals surface area contributed by atoms with Gasteiger partial charge < -0.3 is 14.8 Å². The van der Waals surface area contributed by atoms with Gasteiger partial charge in [-0.25, -0.2) is 4.79 Å². The summed E-state index contributed by atoms with van der Waals surface area (Å²) in [6.45, 7) is 4.62. The highest BCUT2D eigenvalue weighted by Gasteiger charge is 2.01. The Morgan fingerprint density at radius 2 is 2.06 bits per heavy atom. The molecule has 0 saturated heterocycles. The molecule has 0 atom stereocenters. The first-order chi connectivity index (χ1) is 7.63. The third-order valence-electron chi connectivity index (χ3n) is 2.11. The molecule has 88 valence electrons. The third kappa shape index (κ3) is 3.81. The predicted molar refractivity (Wildman–Crippen MR) is 61.8 cm³/mol. The van der Waals surface area contributed by atoms with Crippen LogP contribution in [0.3, 0.4) is 0 Å². The minimum atomic E-state index is -0.441. The number of aryl methyl sites for hydroxylation is 2. The minimum absolute atomic E-state index is 0.243. The van der Waals surface area contributed by atoms with Crippen LogP contribution in [0.5, 0.6) is 5.75 Å². The summed E-state index contributed by atoms with van der Waals surface area (Å²) in [4.78, 5) is 10.7. The van der Waals surface area contributed by atoms with E-state index in [4.69, 9.17) is 9.47 Å². The number of alkyl carbamates (subject to hydrolysis) is 1. The maximum atomic E-state index is 10.7. The molecule has 1 rings (SSSR count). The first-order valence-electron chi connectivity index (χ1n) is 5.18. The van der Waals surface area contributed by atoms with Crippen molar-refractivity contribution in [3.63, 3.8) is 0 Å². The first kappa shape index (κ1) is 12.4. The van der Waals surface area contributed by atoms with Crippen LogP contribution in [0.1, 0.15) is 11.1 Å². The molecular weight excluding hydrogens is 206 g/mol. The molecule has 4 nitrogen and oxygen atoms in total. The molecule has 0 heterocycles. The van der Waals surface area contributed by atoms with E-state index in [1.165, 1.54) is 12.6 Å². The van der Waals surface area contributed by atoms with E-state index in [1.807, 2.05) is 26.0 Å². The summed E-state index contributed by atoms with van der Waals surface area (Å²) >= 11 is 0. The molecule has 0 unspecified atom stereocenters. The Bertz CT molecular complexity index is 363. The topological polar surface area (TPSA) is 47.6 Å². The SMILES string of the molecule is CNC(=O)OCCOc1ccc(C)cc1C. The van der Waals surface area contributed by atoms with Crippen molar-refractivity contribution in [2.24, 2.45) is 0 Å². The zero-order valence-electron chi connectivity index (χ0n) is 9.87. The number of rotatable bonds is 4. The molecule has 0 bridgehead atoms. The smallest absolute Gasteiger partial charge is 0.406 e. The van der Waals surface area contributed by atoms with E-state index < -0.39 is 6.09 Å². The van der Waals surface area contributed by atoms with Crippen molar-refractivity contribution in [1.29, 1.82) is 0 Å². The van der Waals surface area contributed by atoms with Crippen molar-refractivity contribution in [1.82, 2.24) is 5.32 Å². The second kappa shape index (κ2) is 6.00. The first-order valence-corrected chi connectivity index (χ1v) is 5.18. The molecule has 1 amide bonds. The van der Waals surface area contributed by atoms with Gasteiger partial charge in [0.2, 0.25) is 0 Å². The van der Waals surface area contributed by atoms with Gasteiger partial charge in [0, 0.05) is 7.05 Å². The van der Waals surface area contributed by atoms with Crippen molar-refractivity contribution in [2.45, 2.75) is 13.8 Å². The highest BCUT2D eigenvalue weighted by atomic mass is 16.6. The molecule has 4 heteroatoms. The second-order valence-corrected chi connectivity index (χ2v) is 3.50. The lowest BCUT2D eigenvalue weighted by Gasteiger charge is -2.09. The van der Waals surface area contributed by atoms with E-state index in [9.17, 15) is 4.79 Å². The summed E-state index contributed by atoms with van der Waals surface area (Å²) in [5, 5.41) is 2.37. The lowest BCUT2D eigenvalue weighted by Crippen LogP contribution is -2.21. The summed E-state index contributed by atoms with van der Waals surface area (Å²) in [5.74, 6) is 0.825. The van der Waals surface area contributed by atoms with Crippen molar-refractivity contribution in [2.75, 3.05) is 20.3 Å². The van der Waals surface area contributed by atoms with Gasteiger partial charge in [-0.2, -0.15) is 0 Å². The zero-order valence-corrected chi connectivity index (χ0v) is 9.87. The number of carbonyl (C=O) groups excluding carboxylic acids is 1. The predicted octanol–water partition coefficient (Wildman–Crippen LogP) is 2.04. The maximum absolute atomic E-state index is 10.7. The summed E-state index contributed by atoms with van der Waals surface area (Å²) < 4.78 is 10.3. The summed E-state index contributed by atoms with van der Waals surface area (Å²) in [7, 11) is 1.52. The van der Waals surface area contributed by atoms with Gasteiger partial charge in [-0.1, -0.05) is 17.7 Å². The van der Waals surface area contributed by atoms with Gasteiger partial charge in [-0.05, 0) is 25.5 Å². The third-order valence-corrected chi connectivity index (χ3v) is 2.11. The Labute approximate surface area is 95.6 Å². The molecule has 1 N–H and O–H groups in total. The Balaban J connectivity index is 2.35. The van der Waals surface area contributed by atoms with Crippen molar-refractivity contribution >= 4 is 6.09 Å². The van der Waals surface area contributed by atoms with Gasteiger partial charge in [0.05, 0.1) is 0 Å². The number of nitrogens with one attached hydrogen (secondary N) is 1. The molecule has 0 aliphatic rings. The number of carbonyl (C=O) groups is 1. The van der Waals surface area contributed by atoms with Crippen LogP contribution in [0.25, 0.3) is 0 Å². The molecular formula is C12H17NO3. The monoisotopic (exact) mass is 223 g/mol. The molecule has 1 aromatic carbocycles. The number of benzene rings is 1. The molecule has 0 aliphatic carbocycles. The average molecular weight is 223 g/mol. The molecule has 0 spiro atoms. The maximum Gasteiger partial charge on any atom is 0.406 e. The van der Waals surface area contributed by atoms with E-state index in [1.54, 1.807) is 0 Å². The number of hydrogen-bond acceptors (Lipinski definition) is 3.